The predicted octanol–water partition coefficient (Wildman–Crippen LogP) is 2.64. The number of pyridine rings is 2. The van der Waals surface area contributed by atoms with E-state index in [4.69, 9.17) is 12.2 Å². The molecule has 1 N–H and O–H groups in total. The van der Waals surface area contributed by atoms with Crippen LogP contribution in [0.15, 0.2) is 48.9 Å². The van der Waals surface area contributed by atoms with Gasteiger partial charge in [-0.3, -0.25) is 19.6 Å². The summed E-state index contributed by atoms with van der Waals surface area (Å²) >= 11 is 5.29. The fourth-order valence-corrected chi connectivity index (χ4v) is 2.23. The normalized spacial score (nSPS) is 10.6. The Hall–Kier alpha value is -2.34. The Morgan fingerprint density at radius 2 is 1.95 bits per heavy atom. The molecule has 5 nitrogen and oxygen atoms in total. The van der Waals surface area contributed by atoms with Crippen molar-refractivity contribution in [2.24, 2.45) is 0 Å². The molecule has 3 aromatic rings. The molecule has 0 aliphatic rings. The maximum Gasteiger partial charge on any atom is 0.195 e. The Morgan fingerprint density at radius 1 is 1.10 bits per heavy atom. The molecule has 100 valence electrons. The van der Waals surface area contributed by atoms with E-state index in [0.29, 0.717) is 4.77 Å². The molecule has 0 unspecified atom stereocenters. The molecule has 0 radical (unpaired) electrons. The predicted molar refractivity (Wildman–Crippen MR) is 78.6 cm³/mol. The van der Waals surface area contributed by atoms with Gasteiger partial charge in [0, 0.05) is 25.1 Å². The highest BCUT2D eigenvalue weighted by molar-refractivity contribution is 7.71. The maximum atomic E-state index is 5.29. The molecule has 0 fully saturated rings. The molecule has 0 saturated heterocycles. The van der Waals surface area contributed by atoms with Crippen LogP contribution in [-0.4, -0.2) is 24.7 Å². The molecule has 6 heteroatoms. The van der Waals surface area contributed by atoms with E-state index in [1.165, 1.54) is 5.56 Å². The van der Waals surface area contributed by atoms with Gasteiger partial charge in [-0.2, -0.15) is 5.10 Å². The van der Waals surface area contributed by atoms with Crippen molar-refractivity contribution >= 4 is 12.2 Å². The van der Waals surface area contributed by atoms with Crippen molar-refractivity contribution < 1.29 is 0 Å². The maximum absolute atomic E-state index is 5.29. The number of H-pyrrole nitrogens is 1. The first kappa shape index (κ1) is 12.7. The average Bonchev–Trinajstić information content (AvgIpc) is 2.88. The Morgan fingerprint density at radius 3 is 2.70 bits per heavy atom. The summed E-state index contributed by atoms with van der Waals surface area (Å²) in [6.07, 6.45) is 6.21. The topological polar surface area (TPSA) is 59.4 Å². The second kappa shape index (κ2) is 5.75. The molecule has 0 aromatic carbocycles. The fraction of sp³-hybridized carbons (Fsp3) is 0.143. The SMILES string of the molecule is S=c1[nH]nc(-c2ccccn2)n1CCc1ccncc1. The minimum Gasteiger partial charge on any atom is -0.299 e. The zero-order chi connectivity index (χ0) is 13.8. The lowest BCUT2D eigenvalue weighted by Gasteiger charge is -2.06. The van der Waals surface area contributed by atoms with Gasteiger partial charge in [-0.25, -0.2) is 0 Å². The average molecular weight is 283 g/mol. The summed E-state index contributed by atoms with van der Waals surface area (Å²) in [6, 6.07) is 9.75. The largest absolute Gasteiger partial charge is 0.299 e. The second-order valence-electron chi connectivity index (χ2n) is 4.32. The third kappa shape index (κ3) is 2.65. The van der Waals surface area contributed by atoms with E-state index in [9.17, 15) is 0 Å². The fourth-order valence-electron chi connectivity index (χ4n) is 2.01. The molecule has 20 heavy (non-hydrogen) atoms. The van der Waals surface area contributed by atoms with Crippen LogP contribution in [0.5, 0.6) is 0 Å². The lowest BCUT2D eigenvalue weighted by Crippen LogP contribution is -2.04. The molecule has 3 aromatic heterocycles. The highest BCUT2D eigenvalue weighted by atomic mass is 32.1. The zero-order valence-electron chi connectivity index (χ0n) is 10.7. The highest BCUT2D eigenvalue weighted by Gasteiger charge is 2.09. The van der Waals surface area contributed by atoms with E-state index in [0.717, 1.165) is 24.5 Å². The standard InChI is InChI=1S/C14H13N5S/c20-14-18-17-13(12-3-1-2-7-16-12)19(14)10-6-11-4-8-15-9-5-11/h1-5,7-9H,6,10H2,(H,18,20). The van der Waals surface area contributed by atoms with Crippen LogP contribution in [0.25, 0.3) is 11.5 Å². The summed E-state index contributed by atoms with van der Waals surface area (Å²) in [5.74, 6) is 0.768. The van der Waals surface area contributed by atoms with E-state index in [-0.39, 0.29) is 0 Å². The molecule has 3 rings (SSSR count). The minimum absolute atomic E-state index is 0.611. The number of nitrogens with one attached hydrogen (secondary N) is 1. The van der Waals surface area contributed by atoms with Crippen molar-refractivity contribution in [2.45, 2.75) is 13.0 Å². The molecule has 0 atom stereocenters. The van der Waals surface area contributed by atoms with Crippen molar-refractivity contribution in [1.29, 1.82) is 0 Å². The van der Waals surface area contributed by atoms with Crippen LogP contribution in [0.3, 0.4) is 0 Å². The van der Waals surface area contributed by atoms with Crippen LogP contribution in [0, 0.1) is 4.77 Å². The van der Waals surface area contributed by atoms with E-state index in [1.807, 2.05) is 34.9 Å². The zero-order valence-corrected chi connectivity index (χ0v) is 11.5. The first-order valence-electron chi connectivity index (χ1n) is 6.30. The Labute approximate surface area is 121 Å². The number of aromatic amines is 1. The van der Waals surface area contributed by atoms with Gasteiger partial charge in [0.2, 0.25) is 0 Å². The molecular weight excluding hydrogens is 270 g/mol. The molecule has 0 aliphatic carbocycles. The Bertz CT molecular complexity index is 733. The number of aryl methyl sites for hydroxylation is 1. The van der Waals surface area contributed by atoms with E-state index in [1.54, 1.807) is 18.6 Å². The quantitative estimate of drug-likeness (QED) is 0.748. The smallest absolute Gasteiger partial charge is 0.195 e. The molecule has 0 aliphatic heterocycles. The van der Waals surface area contributed by atoms with Crippen molar-refractivity contribution in [3.8, 4) is 11.5 Å². The van der Waals surface area contributed by atoms with Crippen LogP contribution < -0.4 is 0 Å². The van der Waals surface area contributed by atoms with Crippen LogP contribution in [0.2, 0.25) is 0 Å². The number of aromatic nitrogens is 5. The van der Waals surface area contributed by atoms with Gasteiger partial charge in [-0.05, 0) is 48.5 Å². The third-order valence-electron chi connectivity index (χ3n) is 3.03. The van der Waals surface area contributed by atoms with Crippen LogP contribution in [0.4, 0.5) is 0 Å². The molecule has 0 saturated carbocycles. The van der Waals surface area contributed by atoms with E-state index >= 15 is 0 Å². The van der Waals surface area contributed by atoms with Gasteiger partial charge in [0.05, 0.1) is 0 Å². The lowest BCUT2D eigenvalue weighted by molar-refractivity contribution is 0.689. The van der Waals surface area contributed by atoms with Gasteiger partial charge in [0.25, 0.3) is 0 Å². The molecule has 0 bridgehead atoms. The molecular formula is C14H13N5S. The van der Waals surface area contributed by atoms with E-state index in [2.05, 4.69) is 20.2 Å². The third-order valence-corrected chi connectivity index (χ3v) is 3.34. The lowest BCUT2D eigenvalue weighted by atomic mass is 10.2. The second-order valence-corrected chi connectivity index (χ2v) is 4.71. The van der Waals surface area contributed by atoms with Gasteiger partial charge in [0.15, 0.2) is 10.6 Å². The van der Waals surface area contributed by atoms with Gasteiger partial charge in [0.1, 0.15) is 5.69 Å². The van der Waals surface area contributed by atoms with Crippen molar-refractivity contribution in [1.82, 2.24) is 24.7 Å². The Kier molecular flexibility index (Phi) is 3.64. The summed E-state index contributed by atoms with van der Waals surface area (Å²) in [6.45, 7) is 0.755. The van der Waals surface area contributed by atoms with Gasteiger partial charge in [-0.15, -0.1) is 0 Å². The monoisotopic (exact) mass is 283 g/mol. The summed E-state index contributed by atoms with van der Waals surface area (Å²) < 4.78 is 2.58. The number of hydrogen-bond acceptors (Lipinski definition) is 4. The number of hydrogen-bond donors (Lipinski definition) is 1. The first-order chi connectivity index (χ1) is 9.84. The summed E-state index contributed by atoms with van der Waals surface area (Å²) in [4.78, 5) is 8.34. The van der Waals surface area contributed by atoms with Gasteiger partial charge < -0.3 is 0 Å². The molecule has 3 heterocycles. The van der Waals surface area contributed by atoms with Crippen LogP contribution in [-0.2, 0) is 13.0 Å². The highest BCUT2D eigenvalue weighted by Crippen LogP contribution is 2.14. The summed E-state index contributed by atoms with van der Waals surface area (Å²) in [5, 5.41) is 7.10. The van der Waals surface area contributed by atoms with Crippen LogP contribution in [0.1, 0.15) is 5.56 Å². The Balaban J connectivity index is 1.87. The molecule has 0 amide bonds. The summed E-state index contributed by atoms with van der Waals surface area (Å²) in [7, 11) is 0. The van der Waals surface area contributed by atoms with Crippen molar-refractivity contribution in [2.75, 3.05) is 0 Å². The van der Waals surface area contributed by atoms with Crippen LogP contribution >= 0.6 is 12.2 Å². The van der Waals surface area contributed by atoms with Gasteiger partial charge in [-0.1, -0.05) is 6.07 Å². The number of rotatable bonds is 4. The van der Waals surface area contributed by atoms with Crippen molar-refractivity contribution in [3.63, 3.8) is 0 Å². The van der Waals surface area contributed by atoms with Gasteiger partial charge >= 0.3 is 0 Å². The molecule has 0 spiro atoms. The number of nitrogens with zero attached hydrogens (tertiary/aromatic N) is 4. The van der Waals surface area contributed by atoms with E-state index < -0.39 is 0 Å². The van der Waals surface area contributed by atoms with Crippen molar-refractivity contribution in [3.05, 3.63) is 59.3 Å². The minimum atomic E-state index is 0.611. The first-order valence-corrected chi connectivity index (χ1v) is 6.71. The summed E-state index contributed by atoms with van der Waals surface area (Å²) in [5.41, 5.74) is 2.03.